The molecule has 0 amide bonds. The molecule has 0 fully saturated rings. The highest BCUT2D eigenvalue weighted by Crippen LogP contribution is 2.26. The second-order valence-corrected chi connectivity index (χ2v) is 7.22. The van der Waals surface area contributed by atoms with Gasteiger partial charge >= 0.3 is 0 Å². The summed E-state index contributed by atoms with van der Waals surface area (Å²) in [6.45, 7) is 2.13. The summed E-state index contributed by atoms with van der Waals surface area (Å²) in [5.74, 6) is -0.130. The summed E-state index contributed by atoms with van der Waals surface area (Å²) in [6, 6.07) is 11.8. The smallest absolute Gasteiger partial charge is 0.213 e. The molecule has 2 aromatic rings. The quantitative estimate of drug-likeness (QED) is 0.861. The van der Waals surface area contributed by atoms with Gasteiger partial charge in [-0.3, -0.25) is 0 Å². The average molecular weight is 310 g/mol. The zero-order chi connectivity index (χ0) is 14.6. The molecule has 4 nitrogen and oxygen atoms in total. The van der Waals surface area contributed by atoms with E-state index in [0.717, 1.165) is 12.1 Å². The van der Waals surface area contributed by atoms with Crippen LogP contribution in [-0.2, 0) is 15.8 Å². The summed E-state index contributed by atoms with van der Waals surface area (Å²) in [6.07, 6.45) is 0.986. The molecule has 3 N–H and O–H groups in total. The lowest BCUT2D eigenvalue weighted by atomic mass is 10.1. The molecule has 0 bridgehead atoms. The SMILES string of the molecule is CCC(Nc1ccc(CS(N)(=O)=O)cc1)c1cccs1. The van der Waals surface area contributed by atoms with Gasteiger partial charge in [0.15, 0.2) is 0 Å². The second kappa shape index (κ2) is 6.39. The third-order valence-electron chi connectivity index (χ3n) is 2.96. The first-order valence-electron chi connectivity index (χ1n) is 6.37. The van der Waals surface area contributed by atoms with Gasteiger partial charge in [-0.2, -0.15) is 0 Å². The Kier molecular flexibility index (Phi) is 4.80. The number of hydrogen-bond donors (Lipinski definition) is 2. The van der Waals surface area contributed by atoms with Crippen molar-refractivity contribution in [1.82, 2.24) is 0 Å². The van der Waals surface area contributed by atoms with Crippen molar-refractivity contribution >= 4 is 27.0 Å². The zero-order valence-electron chi connectivity index (χ0n) is 11.2. The Labute approximate surface area is 123 Å². The molecule has 6 heteroatoms. The molecule has 1 aromatic carbocycles. The molecule has 1 heterocycles. The summed E-state index contributed by atoms with van der Waals surface area (Å²) < 4.78 is 22.1. The zero-order valence-corrected chi connectivity index (χ0v) is 12.9. The molecule has 0 saturated carbocycles. The largest absolute Gasteiger partial charge is 0.377 e. The predicted octanol–water partition coefficient (Wildman–Crippen LogP) is 3.10. The number of sulfonamides is 1. The monoisotopic (exact) mass is 310 g/mol. The van der Waals surface area contributed by atoms with Crippen LogP contribution in [-0.4, -0.2) is 8.42 Å². The fraction of sp³-hybridized carbons (Fsp3) is 0.286. The second-order valence-electron chi connectivity index (χ2n) is 4.62. The van der Waals surface area contributed by atoms with E-state index in [2.05, 4.69) is 23.7 Å². The van der Waals surface area contributed by atoms with E-state index < -0.39 is 10.0 Å². The van der Waals surface area contributed by atoms with Crippen molar-refractivity contribution in [2.45, 2.75) is 25.1 Å². The van der Waals surface area contributed by atoms with Crippen molar-refractivity contribution in [3.05, 3.63) is 52.2 Å². The van der Waals surface area contributed by atoms with Crippen LogP contribution < -0.4 is 10.5 Å². The van der Waals surface area contributed by atoms with Gasteiger partial charge in [0, 0.05) is 10.6 Å². The fourth-order valence-corrected chi connectivity index (χ4v) is 3.51. The molecule has 20 heavy (non-hydrogen) atoms. The highest BCUT2D eigenvalue weighted by molar-refractivity contribution is 7.88. The van der Waals surface area contributed by atoms with Crippen molar-refractivity contribution in [1.29, 1.82) is 0 Å². The molecule has 1 aromatic heterocycles. The van der Waals surface area contributed by atoms with E-state index in [0.29, 0.717) is 5.56 Å². The van der Waals surface area contributed by atoms with Gasteiger partial charge in [-0.15, -0.1) is 11.3 Å². The molecule has 1 unspecified atom stereocenters. The minimum Gasteiger partial charge on any atom is -0.377 e. The third kappa shape index (κ3) is 4.33. The van der Waals surface area contributed by atoms with Gasteiger partial charge in [-0.05, 0) is 35.6 Å². The van der Waals surface area contributed by atoms with E-state index in [9.17, 15) is 8.42 Å². The normalized spacial score (nSPS) is 13.1. The van der Waals surface area contributed by atoms with Gasteiger partial charge in [0.2, 0.25) is 10.0 Å². The van der Waals surface area contributed by atoms with Crippen molar-refractivity contribution in [3.8, 4) is 0 Å². The van der Waals surface area contributed by atoms with Gasteiger partial charge < -0.3 is 5.32 Å². The molecular weight excluding hydrogens is 292 g/mol. The molecule has 0 radical (unpaired) electrons. The van der Waals surface area contributed by atoms with Crippen molar-refractivity contribution in [2.24, 2.45) is 5.14 Å². The van der Waals surface area contributed by atoms with Crippen molar-refractivity contribution < 1.29 is 8.42 Å². The molecule has 2 rings (SSSR count). The predicted molar refractivity (Wildman–Crippen MR) is 84.2 cm³/mol. The Morgan fingerprint density at radius 2 is 1.95 bits per heavy atom. The molecule has 0 saturated heterocycles. The number of hydrogen-bond acceptors (Lipinski definition) is 4. The average Bonchev–Trinajstić information content (AvgIpc) is 2.90. The van der Waals surface area contributed by atoms with Crippen LogP contribution in [0.3, 0.4) is 0 Å². The van der Waals surface area contributed by atoms with Crippen LogP contribution in [0, 0.1) is 0 Å². The van der Waals surface area contributed by atoms with E-state index >= 15 is 0 Å². The number of thiophene rings is 1. The highest BCUT2D eigenvalue weighted by Gasteiger charge is 2.10. The van der Waals surface area contributed by atoms with Gasteiger partial charge in [-0.1, -0.05) is 25.1 Å². The number of nitrogens with one attached hydrogen (secondary N) is 1. The number of primary sulfonamides is 1. The van der Waals surface area contributed by atoms with Crippen molar-refractivity contribution in [2.75, 3.05) is 5.32 Å². The summed E-state index contributed by atoms with van der Waals surface area (Å²) in [7, 11) is -3.47. The van der Waals surface area contributed by atoms with Gasteiger partial charge in [0.05, 0.1) is 11.8 Å². The Bertz CT molecular complexity index is 634. The lowest BCUT2D eigenvalue weighted by Crippen LogP contribution is -2.14. The first-order chi connectivity index (χ1) is 9.48. The Morgan fingerprint density at radius 3 is 2.45 bits per heavy atom. The summed E-state index contributed by atoms with van der Waals surface area (Å²) in [4.78, 5) is 1.29. The van der Waals surface area contributed by atoms with E-state index in [-0.39, 0.29) is 11.8 Å². The number of nitrogens with two attached hydrogens (primary N) is 1. The van der Waals surface area contributed by atoms with Crippen LogP contribution in [0.15, 0.2) is 41.8 Å². The van der Waals surface area contributed by atoms with E-state index in [4.69, 9.17) is 5.14 Å². The molecular formula is C14H18N2O2S2. The van der Waals surface area contributed by atoms with Gasteiger partial charge in [-0.25, -0.2) is 13.6 Å². The number of anilines is 1. The van der Waals surface area contributed by atoms with Crippen LogP contribution in [0.25, 0.3) is 0 Å². The van der Waals surface area contributed by atoms with Crippen LogP contribution in [0.1, 0.15) is 29.8 Å². The molecule has 108 valence electrons. The maximum absolute atomic E-state index is 11.0. The first-order valence-corrected chi connectivity index (χ1v) is 8.97. The van der Waals surface area contributed by atoms with Crippen LogP contribution >= 0.6 is 11.3 Å². The fourth-order valence-electron chi connectivity index (χ4n) is 1.99. The summed E-state index contributed by atoms with van der Waals surface area (Å²) >= 11 is 1.73. The Morgan fingerprint density at radius 1 is 1.25 bits per heavy atom. The summed E-state index contributed by atoms with van der Waals surface area (Å²) in [5, 5.41) is 10.5. The highest BCUT2D eigenvalue weighted by atomic mass is 32.2. The lowest BCUT2D eigenvalue weighted by molar-refractivity contribution is 0.597. The topological polar surface area (TPSA) is 72.2 Å². The van der Waals surface area contributed by atoms with Crippen LogP contribution in [0.2, 0.25) is 0 Å². The van der Waals surface area contributed by atoms with E-state index in [1.165, 1.54) is 4.88 Å². The molecule has 1 atom stereocenters. The van der Waals surface area contributed by atoms with Gasteiger partial charge in [0.1, 0.15) is 0 Å². The number of benzene rings is 1. The van der Waals surface area contributed by atoms with E-state index in [1.54, 1.807) is 23.5 Å². The van der Waals surface area contributed by atoms with Crippen LogP contribution in [0.4, 0.5) is 5.69 Å². The molecule has 0 aliphatic rings. The molecule has 0 aliphatic carbocycles. The van der Waals surface area contributed by atoms with Gasteiger partial charge in [0.25, 0.3) is 0 Å². The van der Waals surface area contributed by atoms with E-state index in [1.807, 2.05) is 18.2 Å². The maximum atomic E-state index is 11.0. The summed E-state index contributed by atoms with van der Waals surface area (Å²) in [5.41, 5.74) is 1.67. The van der Waals surface area contributed by atoms with Crippen LogP contribution in [0.5, 0.6) is 0 Å². The number of rotatable bonds is 6. The lowest BCUT2D eigenvalue weighted by Gasteiger charge is -2.17. The minimum absolute atomic E-state index is 0.130. The molecule has 0 aliphatic heterocycles. The maximum Gasteiger partial charge on any atom is 0.213 e. The van der Waals surface area contributed by atoms with Crippen molar-refractivity contribution in [3.63, 3.8) is 0 Å². The minimum atomic E-state index is -3.47. The standard InChI is InChI=1S/C14H18N2O2S2/c1-2-13(14-4-3-9-19-14)16-12-7-5-11(6-8-12)10-20(15,17)18/h3-9,13,16H,2,10H2,1H3,(H2,15,17,18). The first kappa shape index (κ1) is 15.0. The Hall–Kier alpha value is -1.37. The Balaban J connectivity index is 2.06. The molecule has 0 spiro atoms. The third-order valence-corrected chi connectivity index (χ3v) is 4.68.